The molecule has 1 fully saturated rings. The Bertz CT molecular complexity index is 1040. The third-order valence-electron chi connectivity index (χ3n) is 5.70. The number of likely N-dealkylation sites (N-methyl/N-ethyl adjacent to an activating group) is 1. The number of piperazine rings is 1. The maximum absolute atomic E-state index is 5.63. The smallest absolute Gasteiger partial charge is 0.229 e. The maximum atomic E-state index is 5.63. The largest absolute Gasteiger partial charge is 0.494 e. The molecule has 0 bridgehead atoms. The Morgan fingerprint density at radius 2 is 1.62 bits per heavy atom. The molecule has 1 saturated heterocycles. The van der Waals surface area contributed by atoms with E-state index in [0.717, 1.165) is 60.2 Å². The molecule has 32 heavy (non-hydrogen) atoms. The van der Waals surface area contributed by atoms with Crippen LogP contribution in [0.5, 0.6) is 5.75 Å². The SMILES string of the molecule is CCOc1ccc(Nc2nc(Nc3ccc(N4CCN(C)CC4)cc3)ncc2C)cc1C. The summed E-state index contributed by atoms with van der Waals surface area (Å²) in [6, 6.07) is 14.5. The van der Waals surface area contributed by atoms with Crippen LogP contribution in [0.3, 0.4) is 0 Å². The van der Waals surface area contributed by atoms with Gasteiger partial charge in [0.05, 0.1) is 6.61 Å². The molecule has 0 amide bonds. The summed E-state index contributed by atoms with van der Waals surface area (Å²) in [4.78, 5) is 13.9. The zero-order valence-corrected chi connectivity index (χ0v) is 19.4. The molecule has 7 nitrogen and oxygen atoms in total. The van der Waals surface area contributed by atoms with Crippen LogP contribution in [0.2, 0.25) is 0 Å². The lowest BCUT2D eigenvalue weighted by molar-refractivity contribution is 0.313. The number of aromatic nitrogens is 2. The van der Waals surface area contributed by atoms with Gasteiger partial charge < -0.3 is 25.2 Å². The summed E-state index contributed by atoms with van der Waals surface area (Å²) >= 11 is 0. The fourth-order valence-corrected chi connectivity index (χ4v) is 3.76. The highest BCUT2D eigenvalue weighted by Gasteiger charge is 2.14. The van der Waals surface area contributed by atoms with Gasteiger partial charge in [0.1, 0.15) is 11.6 Å². The molecular weight excluding hydrogens is 400 g/mol. The van der Waals surface area contributed by atoms with Crippen LogP contribution in [-0.4, -0.2) is 54.7 Å². The number of hydrogen-bond donors (Lipinski definition) is 2. The number of nitrogens with one attached hydrogen (secondary N) is 2. The van der Waals surface area contributed by atoms with E-state index in [1.54, 1.807) is 0 Å². The highest BCUT2D eigenvalue weighted by molar-refractivity contribution is 5.64. The minimum atomic E-state index is 0.563. The second-order valence-corrected chi connectivity index (χ2v) is 8.23. The normalized spacial score (nSPS) is 14.3. The van der Waals surface area contributed by atoms with Crippen LogP contribution in [0.15, 0.2) is 48.7 Å². The van der Waals surface area contributed by atoms with Crippen molar-refractivity contribution in [1.82, 2.24) is 14.9 Å². The Morgan fingerprint density at radius 3 is 2.31 bits per heavy atom. The Kier molecular flexibility index (Phi) is 6.75. The molecule has 2 heterocycles. The summed E-state index contributed by atoms with van der Waals surface area (Å²) in [7, 11) is 2.17. The van der Waals surface area contributed by atoms with E-state index in [9.17, 15) is 0 Å². The zero-order valence-electron chi connectivity index (χ0n) is 19.4. The predicted molar refractivity (Wildman–Crippen MR) is 132 cm³/mol. The van der Waals surface area contributed by atoms with Crippen molar-refractivity contribution in [2.45, 2.75) is 20.8 Å². The van der Waals surface area contributed by atoms with E-state index in [1.165, 1.54) is 5.69 Å². The van der Waals surface area contributed by atoms with Crippen molar-refractivity contribution in [3.63, 3.8) is 0 Å². The Morgan fingerprint density at radius 1 is 0.906 bits per heavy atom. The molecule has 0 unspecified atom stereocenters. The van der Waals surface area contributed by atoms with E-state index in [1.807, 2.05) is 39.1 Å². The topological polar surface area (TPSA) is 65.6 Å². The molecule has 2 N–H and O–H groups in total. The molecule has 0 saturated carbocycles. The van der Waals surface area contributed by atoms with Gasteiger partial charge in [-0.2, -0.15) is 4.98 Å². The highest BCUT2D eigenvalue weighted by atomic mass is 16.5. The first-order valence-corrected chi connectivity index (χ1v) is 11.2. The summed E-state index contributed by atoms with van der Waals surface area (Å²) in [6.07, 6.45) is 1.83. The van der Waals surface area contributed by atoms with Crippen LogP contribution < -0.4 is 20.3 Å². The first-order chi connectivity index (χ1) is 15.5. The molecule has 168 valence electrons. The van der Waals surface area contributed by atoms with Crippen molar-refractivity contribution in [3.05, 3.63) is 59.8 Å². The van der Waals surface area contributed by atoms with E-state index in [0.29, 0.717) is 12.6 Å². The van der Waals surface area contributed by atoms with Crippen molar-refractivity contribution >= 4 is 28.8 Å². The number of benzene rings is 2. The van der Waals surface area contributed by atoms with Crippen molar-refractivity contribution in [3.8, 4) is 5.75 Å². The number of rotatable bonds is 7. The molecule has 0 radical (unpaired) electrons. The predicted octanol–water partition coefficient (Wildman–Crippen LogP) is 4.73. The molecule has 1 aliphatic heterocycles. The van der Waals surface area contributed by atoms with Crippen LogP contribution >= 0.6 is 0 Å². The van der Waals surface area contributed by atoms with Crippen LogP contribution in [0.25, 0.3) is 0 Å². The van der Waals surface area contributed by atoms with Crippen molar-refractivity contribution in [2.75, 3.05) is 55.4 Å². The Labute approximate surface area is 190 Å². The van der Waals surface area contributed by atoms with Gasteiger partial charge in [-0.1, -0.05) is 0 Å². The molecule has 4 rings (SSSR count). The minimum absolute atomic E-state index is 0.563. The molecule has 1 aliphatic rings. The Hall–Kier alpha value is -3.32. The number of hydrogen-bond acceptors (Lipinski definition) is 7. The second kappa shape index (κ2) is 9.87. The van der Waals surface area contributed by atoms with E-state index >= 15 is 0 Å². The van der Waals surface area contributed by atoms with Gasteiger partial charge in [0, 0.05) is 55.0 Å². The van der Waals surface area contributed by atoms with Crippen molar-refractivity contribution in [1.29, 1.82) is 0 Å². The van der Waals surface area contributed by atoms with Gasteiger partial charge in [0.2, 0.25) is 5.95 Å². The standard InChI is InChI=1S/C25H32N6O/c1-5-32-23-11-8-21(16-18(23)2)27-24-19(3)17-26-25(29-24)28-20-6-9-22(10-7-20)31-14-12-30(4)13-15-31/h6-11,16-17H,5,12-15H2,1-4H3,(H2,26,27,28,29). The summed E-state index contributed by atoms with van der Waals surface area (Å²) < 4.78 is 5.63. The van der Waals surface area contributed by atoms with Gasteiger partial charge in [-0.3, -0.25) is 0 Å². The van der Waals surface area contributed by atoms with Gasteiger partial charge in [-0.25, -0.2) is 4.98 Å². The van der Waals surface area contributed by atoms with Crippen LogP contribution in [0.1, 0.15) is 18.1 Å². The van der Waals surface area contributed by atoms with Crippen LogP contribution in [0.4, 0.5) is 28.8 Å². The average Bonchev–Trinajstić information content (AvgIpc) is 2.79. The molecule has 7 heteroatoms. The fourth-order valence-electron chi connectivity index (χ4n) is 3.76. The van der Waals surface area contributed by atoms with Gasteiger partial charge in [0.15, 0.2) is 0 Å². The third kappa shape index (κ3) is 5.29. The van der Waals surface area contributed by atoms with Gasteiger partial charge in [-0.15, -0.1) is 0 Å². The molecule has 0 atom stereocenters. The Balaban J connectivity index is 1.44. The lowest BCUT2D eigenvalue weighted by atomic mass is 10.2. The van der Waals surface area contributed by atoms with E-state index in [4.69, 9.17) is 9.72 Å². The third-order valence-corrected chi connectivity index (χ3v) is 5.70. The number of nitrogens with zero attached hydrogens (tertiary/aromatic N) is 4. The lowest BCUT2D eigenvalue weighted by Crippen LogP contribution is -2.44. The van der Waals surface area contributed by atoms with Gasteiger partial charge in [-0.05, 0) is 75.8 Å². The summed E-state index contributed by atoms with van der Waals surface area (Å²) in [5, 5.41) is 6.73. The second-order valence-electron chi connectivity index (χ2n) is 8.23. The zero-order chi connectivity index (χ0) is 22.5. The number of aryl methyl sites for hydroxylation is 2. The minimum Gasteiger partial charge on any atom is -0.494 e. The lowest BCUT2D eigenvalue weighted by Gasteiger charge is -2.34. The molecule has 0 aliphatic carbocycles. The summed E-state index contributed by atoms with van der Waals surface area (Å²) in [5.74, 6) is 2.24. The number of anilines is 5. The quantitative estimate of drug-likeness (QED) is 0.559. The van der Waals surface area contributed by atoms with Crippen molar-refractivity contribution in [2.24, 2.45) is 0 Å². The van der Waals surface area contributed by atoms with Crippen LogP contribution in [-0.2, 0) is 0 Å². The molecule has 3 aromatic rings. The average molecular weight is 433 g/mol. The van der Waals surface area contributed by atoms with E-state index < -0.39 is 0 Å². The first-order valence-electron chi connectivity index (χ1n) is 11.2. The monoisotopic (exact) mass is 432 g/mol. The number of ether oxygens (including phenoxy) is 1. The molecule has 0 spiro atoms. The van der Waals surface area contributed by atoms with Gasteiger partial charge in [0.25, 0.3) is 0 Å². The molecule has 1 aromatic heterocycles. The maximum Gasteiger partial charge on any atom is 0.229 e. The fraction of sp³-hybridized carbons (Fsp3) is 0.360. The molecular formula is C25H32N6O. The van der Waals surface area contributed by atoms with Crippen LogP contribution in [0, 0.1) is 13.8 Å². The summed E-state index contributed by atoms with van der Waals surface area (Å²) in [6.45, 7) is 11.0. The van der Waals surface area contributed by atoms with E-state index in [-0.39, 0.29) is 0 Å². The highest BCUT2D eigenvalue weighted by Crippen LogP contribution is 2.26. The van der Waals surface area contributed by atoms with Gasteiger partial charge >= 0.3 is 0 Å². The first kappa shape index (κ1) is 21.9. The summed E-state index contributed by atoms with van der Waals surface area (Å²) in [5.41, 5.74) is 5.25. The van der Waals surface area contributed by atoms with Crippen molar-refractivity contribution < 1.29 is 4.74 Å². The molecule has 2 aromatic carbocycles. The van der Waals surface area contributed by atoms with E-state index in [2.05, 4.69) is 62.8 Å².